The minimum Gasteiger partial charge on any atom is -0.271 e. The molecular formula is C13H19BrN2. The van der Waals surface area contributed by atoms with Crippen LogP contribution in [0, 0.1) is 12.8 Å². The Balaban J connectivity index is 2.08. The average molecular weight is 283 g/mol. The maximum atomic E-state index is 5.66. The van der Waals surface area contributed by atoms with Gasteiger partial charge in [-0.2, -0.15) is 0 Å². The lowest BCUT2D eigenvalue weighted by Crippen LogP contribution is -2.28. The Morgan fingerprint density at radius 3 is 2.88 bits per heavy atom. The molecule has 1 aliphatic rings. The summed E-state index contributed by atoms with van der Waals surface area (Å²) in [7, 11) is 0. The fraction of sp³-hybridized carbons (Fsp3) is 0.538. The summed E-state index contributed by atoms with van der Waals surface area (Å²) in [5.41, 5.74) is 5.49. The highest BCUT2D eigenvalue weighted by atomic mass is 79.9. The number of hydrazine groups is 1. The van der Waals surface area contributed by atoms with Crippen LogP contribution >= 0.6 is 15.9 Å². The van der Waals surface area contributed by atoms with E-state index < -0.39 is 0 Å². The predicted octanol–water partition coefficient (Wildman–Crippen LogP) is 3.45. The molecule has 88 valence electrons. The molecule has 0 saturated heterocycles. The smallest absolute Gasteiger partial charge is 0.0471 e. The van der Waals surface area contributed by atoms with Crippen LogP contribution in [0.1, 0.15) is 42.9 Å². The molecule has 16 heavy (non-hydrogen) atoms. The van der Waals surface area contributed by atoms with E-state index in [1.54, 1.807) is 0 Å². The van der Waals surface area contributed by atoms with E-state index in [4.69, 9.17) is 5.84 Å². The second kappa shape index (κ2) is 5.30. The molecule has 0 bridgehead atoms. The van der Waals surface area contributed by atoms with E-state index in [9.17, 15) is 0 Å². The van der Waals surface area contributed by atoms with Crippen molar-refractivity contribution in [2.45, 2.75) is 38.6 Å². The van der Waals surface area contributed by atoms with Crippen LogP contribution in [-0.2, 0) is 0 Å². The molecule has 0 radical (unpaired) electrons. The molecule has 1 fully saturated rings. The van der Waals surface area contributed by atoms with Crippen LogP contribution in [0.2, 0.25) is 0 Å². The maximum absolute atomic E-state index is 5.66. The molecule has 1 aliphatic carbocycles. The van der Waals surface area contributed by atoms with E-state index in [2.05, 4.69) is 46.5 Å². The quantitative estimate of drug-likeness (QED) is 0.641. The molecule has 0 aromatic heterocycles. The summed E-state index contributed by atoms with van der Waals surface area (Å²) in [5.74, 6) is 6.62. The minimum atomic E-state index is 0.273. The number of hydrogen-bond donors (Lipinski definition) is 2. The number of hydrogen-bond acceptors (Lipinski definition) is 2. The molecule has 2 nitrogen and oxygen atoms in total. The molecule has 0 amide bonds. The number of rotatable bonds is 5. The number of nitrogens with one attached hydrogen (secondary N) is 1. The van der Waals surface area contributed by atoms with Gasteiger partial charge in [0.15, 0.2) is 0 Å². The van der Waals surface area contributed by atoms with Gasteiger partial charge in [0.2, 0.25) is 0 Å². The first-order valence-electron chi connectivity index (χ1n) is 5.93. The third-order valence-corrected chi connectivity index (χ3v) is 4.44. The topological polar surface area (TPSA) is 38.0 Å². The number of halogens is 1. The summed E-state index contributed by atoms with van der Waals surface area (Å²) < 4.78 is 1.19. The van der Waals surface area contributed by atoms with Crippen LogP contribution in [0.3, 0.4) is 0 Å². The summed E-state index contributed by atoms with van der Waals surface area (Å²) in [6, 6.07) is 6.63. The normalized spacial score (nSPS) is 17.4. The van der Waals surface area contributed by atoms with Gasteiger partial charge >= 0.3 is 0 Å². The van der Waals surface area contributed by atoms with Crippen molar-refractivity contribution in [3.63, 3.8) is 0 Å². The summed E-state index contributed by atoms with van der Waals surface area (Å²) in [4.78, 5) is 0. The lowest BCUT2D eigenvalue weighted by atomic mass is 9.99. The van der Waals surface area contributed by atoms with Gasteiger partial charge < -0.3 is 0 Å². The van der Waals surface area contributed by atoms with Gasteiger partial charge in [-0.1, -0.05) is 47.0 Å². The van der Waals surface area contributed by atoms with Gasteiger partial charge in [0, 0.05) is 10.5 Å². The van der Waals surface area contributed by atoms with Crippen LogP contribution in [0.5, 0.6) is 0 Å². The highest BCUT2D eigenvalue weighted by molar-refractivity contribution is 9.10. The largest absolute Gasteiger partial charge is 0.271 e. The van der Waals surface area contributed by atoms with E-state index in [0.717, 1.165) is 12.3 Å². The monoisotopic (exact) mass is 282 g/mol. The average Bonchev–Trinajstić information content (AvgIpc) is 3.08. The molecule has 1 aromatic carbocycles. The van der Waals surface area contributed by atoms with Gasteiger partial charge in [-0.05, 0) is 36.8 Å². The molecule has 1 saturated carbocycles. The Bertz CT molecular complexity index is 361. The van der Waals surface area contributed by atoms with Crippen molar-refractivity contribution in [2.75, 3.05) is 0 Å². The third kappa shape index (κ3) is 2.84. The van der Waals surface area contributed by atoms with E-state index in [0.29, 0.717) is 0 Å². The van der Waals surface area contributed by atoms with Gasteiger partial charge in [-0.3, -0.25) is 11.3 Å². The minimum absolute atomic E-state index is 0.273. The molecule has 1 unspecified atom stereocenters. The van der Waals surface area contributed by atoms with Crippen LogP contribution in [0.25, 0.3) is 0 Å². The Labute approximate surface area is 106 Å². The van der Waals surface area contributed by atoms with Gasteiger partial charge in [-0.25, -0.2) is 0 Å². The molecule has 0 heterocycles. The van der Waals surface area contributed by atoms with Gasteiger partial charge in [-0.15, -0.1) is 0 Å². The SMILES string of the molecule is Cc1cccc(C(CCC2CC2)NN)c1Br. The maximum Gasteiger partial charge on any atom is 0.0471 e. The van der Waals surface area contributed by atoms with Crippen molar-refractivity contribution in [1.82, 2.24) is 5.43 Å². The molecule has 0 aliphatic heterocycles. The highest BCUT2D eigenvalue weighted by Crippen LogP contribution is 2.37. The Hall–Kier alpha value is -0.380. The van der Waals surface area contributed by atoms with E-state index in [1.165, 1.54) is 34.9 Å². The molecule has 2 rings (SSSR count). The van der Waals surface area contributed by atoms with Crippen LogP contribution in [0.15, 0.2) is 22.7 Å². The zero-order valence-corrected chi connectivity index (χ0v) is 11.3. The first kappa shape index (κ1) is 12.1. The molecular weight excluding hydrogens is 264 g/mol. The van der Waals surface area contributed by atoms with Gasteiger partial charge in [0.1, 0.15) is 0 Å². The number of nitrogens with two attached hydrogens (primary N) is 1. The molecule has 3 heteroatoms. The van der Waals surface area contributed by atoms with Gasteiger partial charge in [0.25, 0.3) is 0 Å². The van der Waals surface area contributed by atoms with Crippen LogP contribution in [-0.4, -0.2) is 0 Å². The summed E-state index contributed by atoms with van der Waals surface area (Å²) >= 11 is 3.65. The zero-order valence-electron chi connectivity index (χ0n) is 9.67. The molecule has 3 N–H and O–H groups in total. The summed E-state index contributed by atoms with van der Waals surface area (Å²) in [5, 5.41) is 0. The van der Waals surface area contributed by atoms with E-state index in [-0.39, 0.29) is 6.04 Å². The standard InChI is InChI=1S/C13H19BrN2/c1-9-3-2-4-11(13(9)14)12(16-15)8-7-10-5-6-10/h2-4,10,12,16H,5-8,15H2,1H3. The first-order valence-corrected chi connectivity index (χ1v) is 6.73. The van der Waals surface area contributed by atoms with Crippen molar-refractivity contribution in [2.24, 2.45) is 11.8 Å². The van der Waals surface area contributed by atoms with Crippen molar-refractivity contribution in [1.29, 1.82) is 0 Å². The van der Waals surface area contributed by atoms with E-state index >= 15 is 0 Å². The fourth-order valence-electron chi connectivity index (χ4n) is 2.08. The van der Waals surface area contributed by atoms with Crippen molar-refractivity contribution < 1.29 is 0 Å². The Morgan fingerprint density at radius 2 is 2.25 bits per heavy atom. The van der Waals surface area contributed by atoms with Gasteiger partial charge in [0.05, 0.1) is 0 Å². The molecule has 1 aromatic rings. The lowest BCUT2D eigenvalue weighted by molar-refractivity contribution is 0.480. The molecule has 0 spiro atoms. The Kier molecular flexibility index (Phi) is 4.00. The number of benzene rings is 1. The first-order chi connectivity index (χ1) is 7.72. The predicted molar refractivity (Wildman–Crippen MR) is 70.9 cm³/mol. The van der Waals surface area contributed by atoms with Crippen LogP contribution in [0.4, 0.5) is 0 Å². The van der Waals surface area contributed by atoms with Crippen LogP contribution < -0.4 is 11.3 Å². The lowest BCUT2D eigenvalue weighted by Gasteiger charge is -2.18. The third-order valence-electron chi connectivity index (χ3n) is 3.36. The zero-order chi connectivity index (χ0) is 11.5. The van der Waals surface area contributed by atoms with Crippen molar-refractivity contribution in [3.05, 3.63) is 33.8 Å². The highest BCUT2D eigenvalue weighted by Gasteiger charge is 2.23. The fourth-order valence-corrected chi connectivity index (χ4v) is 2.62. The second-order valence-corrected chi connectivity index (χ2v) is 5.51. The number of aryl methyl sites for hydroxylation is 1. The van der Waals surface area contributed by atoms with Crippen molar-refractivity contribution >= 4 is 15.9 Å². The van der Waals surface area contributed by atoms with E-state index in [1.807, 2.05) is 0 Å². The Morgan fingerprint density at radius 1 is 1.50 bits per heavy atom. The molecule has 1 atom stereocenters. The van der Waals surface area contributed by atoms with Crippen molar-refractivity contribution in [3.8, 4) is 0 Å². The summed E-state index contributed by atoms with van der Waals surface area (Å²) in [6.45, 7) is 2.11. The second-order valence-electron chi connectivity index (χ2n) is 4.72. The summed E-state index contributed by atoms with van der Waals surface area (Å²) in [6.07, 6.45) is 5.23.